The van der Waals surface area contributed by atoms with E-state index < -0.39 is 6.10 Å². The van der Waals surface area contributed by atoms with Gasteiger partial charge in [0.05, 0.1) is 39.6 Å². The lowest BCUT2D eigenvalue weighted by atomic mass is 10.0. The summed E-state index contributed by atoms with van der Waals surface area (Å²) in [5, 5.41) is 9.15. The highest BCUT2D eigenvalue weighted by Gasteiger charge is 2.08. The number of carbonyl (C=O) groups is 1. The van der Waals surface area contributed by atoms with Gasteiger partial charge in [-0.3, -0.25) is 4.79 Å². The highest BCUT2D eigenvalue weighted by Crippen LogP contribution is 2.12. The minimum absolute atomic E-state index is 0.00172. The maximum atomic E-state index is 10.9. The van der Waals surface area contributed by atoms with Crippen LogP contribution in [0.15, 0.2) is 0 Å². The van der Waals surface area contributed by atoms with Gasteiger partial charge in [0.15, 0.2) is 5.78 Å². The molecule has 6 nitrogen and oxygen atoms in total. The summed E-state index contributed by atoms with van der Waals surface area (Å²) in [6.07, 6.45) is 18.7. The van der Waals surface area contributed by atoms with Gasteiger partial charge in [0.25, 0.3) is 0 Å². The first-order chi connectivity index (χ1) is 15.7. The number of ketones is 1. The van der Waals surface area contributed by atoms with Crippen LogP contribution in [0.25, 0.3) is 0 Å². The van der Waals surface area contributed by atoms with Crippen molar-refractivity contribution < 1.29 is 28.8 Å². The highest BCUT2D eigenvalue weighted by molar-refractivity contribution is 5.76. The lowest BCUT2D eigenvalue weighted by Gasteiger charge is -2.14. The topological polar surface area (TPSA) is 74.2 Å². The number of hydrogen-bond donors (Lipinski definition) is 1. The normalized spacial score (nSPS) is 12.3. The second-order valence-electron chi connectivity index (χ2n) is 8.71. The predicted octanol–water partition coefficient (Wildman–Crippen LogP) is 5.48. The minimum atomic E-state index is -0.465. The number of Topliss-reactive ketones (excluding diaryl/α,β-unsaturated/α-hetero) is 1. The van der Waals surface area contributed by atoms with Crippen LogP contribution in [0.3, 0.4) is 0 Å². The summed E-state index contributed by atoms with van der Waals surface area (Å²) in [7, 11) is 0. The Labute approximate surface area is 197 Å². The van der Waals surface area contributed by atoms with Crippen LogP contribution in [0.4, 0.5) is 0 Å². The van der Waals surface area contributed by atoms with E-state index in [9.17, 15) is 4.79 Å². The van der Waals surface area contributed by atoms with Crippen molar-refractivity contribution in [2.24, 2.45) is 0 Å². The molecule has 0 radical (unpaired) electrons. The van der Waals surface area contributed by atoms with Gasteiger partial charge in [0.1, 0.15) is 12.7 Å². The average molecular weight is 461 g/mol. The Morgan fingerprint density at radius 2 is 1.09 bits per heavy atom. The lowest BCUT2D eigenvalue weighted by molar-refractivity contribution is -0.126. The monoisotopic (exact) mass is 460 g/mol. The Morgan fingerprint density at radius 1 is 0.656 bits per heavy atom. The molecule has 0 amide bonds. The number of ether oxygens (including phenoxy) is 4. The van der Waals surface area contributed by atoms with Gasteiger partial charge in [-0.25, -0.2) is 0 Å². The van der Waals surface area contributed by atoms with E-state index in [1.54, 1.807) is 0 Å². The Morgan fingerprint density at radius 3 is 1.56 bits per heavy atom. The fourth-order valence-corrected chi connectivity index (χ4v) is 3.44. The number of aliphatic hydroxyl groups excluding tert-OH is 1. The zero-order valence-electron chi connectivity index (χ0n) is 21.1. The van der Waals surface area contributed by atoms with Gasteiger partial charge in [-0.2, -0.15) is 0 Å². The number of carbonyl (C=O) groups excluding carboxylic acids is 1. The lowest BCUT2D eigenvalue weighted by Crippen LogP contribution is -2.27. The molecular formula is C26H52O6. The van der Waals surface area contributed by atoms with Crippen molar-refractivity contribution >= 4 is 5.78 Å². The van der Waals surface area contributed by atoms with Gasteiger partial charge in [0.2, 0.25) is 0 Å². The fraction of sp³-hybridized carbons (Fsp3) is 0.962. The van der Waals surface area contributed by atoms with Crippen molar-refractivity contribution in [1.82, 2.24) is 0 Å². The Balaban J connectivity index is 3.14. The molecule has 0 aliphatic rings. The second-order valence-corrected chi connectivity index (χ2v) is 8.71. The molecule has 32 heavy (non-hydrogen) atoms. The van der Waals surface area contributed by atoms with E-state index in [0.717, 1.165) is 13.0 Å². The highest BCUT2D eigenvalue weighted by atomic mass is 16.6. The van der Waals surface area contributed by atoms with E-state index in [-0.39, 0.29) is 25.6 Å². The van der Waals surface area contributed by atoms with Crippen molar-refractivity contribution in [3.8, 4) is 0 Å². The molecule has 1 unspecified atom stereocenters. The maximum absolute atomic E-state index is 10.9. The third-order valence-electron chi connectivity index (χ3n) is 5.42. The molecule has 0 fully saturated rings. The molecule has 192 valence electrons. The molecule has 0 heterocycles. The molecule has 0 spiro atoms. The molecule has 1 N–H and O–H groups in total. The van der Waals surface area contributed by atoms with E-state index in [2.05, 4.69) is 6.92 Å². The smallest absolute Gasteiger partial charge is 0.155 e. The largest absolute Gasteiger partial charge is 0.394 e. The molecule has 0 aromatic heterocycles. The van der Waals surface area contributed by atoms with Crippen molar-refractivity contribution in [3.05, 3.63) is 0 Å². The van der Waals surface area contributed by atoms with Gasteiger partial charge >= 0.3 is 0 Å². The van der Waals surface area contributed by atoms with Gasteiger partial charge in [-0.15, -0.1) is 0 Å². The van der Waals surface area contributed by atoms with E-state index in [4.69, 9.17) is 24.1 Å². The number of rotatable bonds is 27. The summed E-state index contributed by atoms with van der Waals surface area (Å²) in [6, 6.07) is 0. The van der Waals surface area contributed by atoms with Crippen LogP contribution < -0.4 is 0 Å². The minimum Gasteiger partial charge on any atom is -0.394 e. The van der Waals surface area contributed by atoms with E-state index in [1.807, 2.05) is 0 Å². The van der Waals surface area contributed by atoms with Crippen LogP contribution >= 0.6 is 0 Å². The molecule has 6 heteroatoms. The standard InChI is InChI=1S/C26H52O6/c1-3-4-5-6-7-8-9-10-11-12-13-14-15-16-17-29-18-19-30-20-21-31-24-26(22-27)32-23-25(2)28/h26-27H,3-24H2,1-2H3. The van der Waals surface area contributed by atoms with Crippen LogP contribution in [0.1, 0.15) is 104 Å². The quantitative estimate of drug-likeness (QED) is 0.164. The molecular weight excluding hydrogens is 408 g/mol. The summed E-state index contributed by atoms with van der Waals surface area (Å²) in [5.41, 5.74) is 0. The van der Waals surface area contributed by atoms with Crippen molar-refractivity contribution in [2.45, 2.75) is 110 Å². The SMILES string of the molecule is CCCCCCCCCCCCCCCCOCCOCCOCC(CO)OCC(C)=O. The molecule has 1 atom stereocenters. The van der Waals surface area contributed by atoms with E-state index >= 15 is 0 Å². The second kappa shape index (κ2) is 26.7. The Hall–Kier alpha value is -0.530. The predicted molar refractivity (Wildman–Crippen MR) is 130 cm³/mol. The van der Waals surface area contributed by atoms with Gasteiger partial charge < -0.3 is 24.1 Å². The molecule has 0 aliphatic carbocycles. The van der Waals surface area contributed by atoms with E-state index in [1.165, 1.54) is 90.4 Å². The van der Waals surface area contributed by atoms with Gasteiger partial charge in [-0.1, -0.05) is 90.4 Å². The first-order valence-electron chi connectivity index (χ1n) is 13.2. The fourth-order valence-electron chi connectivity index (χ4n) is 3.44. The van der Waals surface area contributed by atoms with Crippen LogP contribution in [-0.4, -0.2) is 69.8 Å². The first-order valence-corrected chi connectivity index (χ1v) is 13.2. The third-order valence-corrected chi connectivity index (χ3v) is 5.42. The molecule has 0 aromatic rings. The summed E-state index contributed by atoms with van der Waals surface area (Å²) in [6.45, 7) is 6.70. The van der Waals surface area contributed by atoms with Crippen molar-refractivity contribution in [3.63, 3.8) is 0 Å². The zero-order chi connectivity index (χ0) is 23.5. The molecule has 0 rings (SSSR count). The average Bonchev–Trinajstić information content (AvgIpc) is 2.79. The van der Waals surface area contributed by atoms with Gasteiger partial charge in [0, 0.05) is 6.61 Å². The number of aliphatic hydroxyl groups is 1. The molecule has 0 aromatic carbocycles. The third kappa shape index (κ3) is 25.7. The Kier molecular flexibility index (Phi) is 26.3. The molecule has 0 aliphatic heterocycles. The van der Waals surface area contributed by atoms with Crippen molar-refractivity contribution in [2.75, 3.05) is 52.9 Å². The summed E-state index contributed by atoms with van der Waals surface area (Å²) < 4.78 is 21.7. The number of unbranched alkanes of at least 4 members (excludes halogenated alkanes) is 13. The first kappa shape index (κ1) is 31.5. The molecule has 0 saturated carbocycles. The van der Waals surface area contributed by atoms with Crippen LogP contribution in [-0.2, 0) is 23.7 Å². The summed E-state index contributed by atoms with van der Waals surface area (Å²) in [4.78, 5) is 10.9. The summed E-state index contributed by atoms with van der Waals surface area (Å²) >= 11 is 0. The van der Waals surface area contributed by atoms with E-state index in [0.29, 0.717) is 26.4 Å². The van der Waals surface area contributed by atoms with Crippen LogP contribution in [0.5, 0.6) is 0 Å². The van der Waals surface area contributed by atoms with Crippen LogP contribution in [0.2, 0.25) is 0 Å². The van der Waals surface area contributed by atoms with Crippen LogP contribution in [0, 0.1) is 0 Å². The zero-order valence-corrected chi connectivity index (χ0v) is 21.1. The van der Waals surface area contributed by atoms with Gasteiger partial charge in [-0.05, 0) is 13.3 Å². The van der Waals surface area contributed by atoms with Crippen molar-refractivity contribution in [1.29, 1.82) is 0 Å². The number of hydrogen-bond acceptors (Lipinski definition) is 6. The maximum Gasteiger partial charge on any atom is 0.155 e. The Bertz CT molecular complexity index is 377. The molecule has 0 saturated heterocycles. The molecule has 0 bridgehead atoms. The summed E-state index contributed by atoms with van der Waals surface area (Å²) in [5.74, 6) is -0.0686.